The molecule has 0 spiro atoms. The van der Waals surface area contributed by atoms with Crippen LogP contribution in [-0.2, 0) is 0 Å². The van der Waals surface area contributed by atoms with Crippen molar-refractivity contribution in [3.63, 3.8) is 0 Å². The number of hydrogen-bond donors (Lipinski definition) is 1. The fourth-order valence-corrected chi connectivity index (χ4v) is 4.31. The van der Waals surface area contributed by atoms with Gasteiger partial charge in [-0.25, -0.2) is 9.97 Å². The molecule has 1 N–H and O–H groups in total. The average Bonchev–Trinajstić information content (AvgIpc) is 3.34. The summed E-state index contributed by atoms with van der Waals surface area (Å²) in [6, 6.07) is 7.44. The fraction of sp³-hybridized carbons (Fsp3) is 0.300. The minimum atomic E-state index is -0.885. The standard InChI is InChI=1S/C20H18FN5O2/c21-15-9-14(18-19(23-10-22-18)20(15)26(27)28)12-6-7-17-16(8-12)24-11-25(17)13-4-2-1-3-5-13/h6-11,13H,1-5H2,(H,22,23). The summed E-state index contributed by atoms with van der Waals surface area (Å²) in [5.74, 6) is -0.885. The Labute approximate surface area is 159 Å². The summed E-state index contributed by atoms with van der Waals surface area (Å²) in [4.78, 5) is 21.9. The van der Waals surface area contributed by atoms with Crippen molar-refractivity contribution in [2.24, 2.45) is 0 Å². The third kappa shape index (κ3) is 2.56. The lowest BCUT2D eigenvalue weighted by molar-refractivity contribution is -0.385. The van der Waals surface area contributed by atoms with Crippen molar-refractivity contribution in [1.29, 1.82) is 0 Å². The van der Waals surface area contributed by atoms with E-state index in [1.807, 2.05) is 24.5 Å². The van der Waals surface area contributed by atoms with Gasteiger partial charge in [-0.15, -0.1) is 0 Å². The summed E-state index contributed by atoms with van der Waals surface area (Å²) in [6.45, 7) is 0. The minimum absolute atomic E-state index is 0.0906. The van der Waals surface area contributed by atoms with Crippen LogP contribution in [0.15, 0.2) is 36.9 Å². The second kappa shape index (κ2) is 6.40. The van der Waals surface area contributed by atoms with E-state index in [9.17, 15) is 14.5 Å². The molecule has 28 heavy (non-hydrogen) atoms. The normalized spacial score (nSPS) is 15.5. The van der Waals surface area contributed by atoms with Gasteiger partial charge in [0.25, 0.3) is 0 Å². The van der Waals surface area contributed by atoms with Crippen molar-refractivity contribution in [3.8, 4) is 11.1 Å². The maximum absolute atomic E-state index is 14.4. The maximum atomic E-state index is 14.4. The number of hydrogen-bond acceptors (Lipinski definition) is 4. The summed E-state index contributed by atoms with van der Waals surface area (Å²) < 4.78 is 16.7. The van der Waals surface area contributed by atoms with Crippen molar-refractivity contribution < 1.29 is 9.31 Å². The molecular formula is C20H18FN5O2. The molecule has 2 aromatic carbocycles. The molecule has 142 valence electrons. The van der Waals surface area contributed by atoms with E-state index in [1.54, 1.807) is 0 Å². The number of halogens is 1. The van der Waals surface area contributed by atoms with Gasteiger partial charge in [0.05, 0.1) is 28.6 Å². The average molecular weight is 379 g/mol. The molecule has 8 heteroatoms. The number of nitro groups is 1. The van der Waals surface area contributed by atoms with Crippen LogP contribution in [0.5, 0.6) is 0 Å². The van der Waals surface area contributed by atoms with Crippen molar-refractivity contribution >= 4 is 27.8 Å². The number of rotatable bonds is 3. The van der Waals surface area contributed by atoms with E-state index >= 15 is 0 Å². The van der Waals surface area contributed by atoms with Crippen LogP contribution in [0.2, 0.25) is 0 Å². The first kappa shape index (κ1) is 16.9. The zero-order valence-corrected chi connectivity index (χ0v) is 15.1. The summed E-state index contributed by atoms with van der Waals surface area (Å²) in [5, 5.41) is 11.2. The highest BCUT2D eigenvalue weighted by Crippen LogP contribution is 2.36. The second-order valence-corrected chi connectivity index (χ2v) is 7.28. The largest absolute Gasteiger partial charge is 0.339 e. The number of nitrogens with zero attached hydrogens (tertiary/aromatic N) is 4. The number of imidazole rings is 2. The zero-order valence-electron chi connectivity index (χ0n) is 15.1. The number of H-pyrrole nitrogens is 1. The van der Waals surface area contributed by atoms with Crippen LogP contribution in [0.3, 0.4) is 0 Å². The zero-order chi connectivity index (χ0) is 19.3. The smallest absolute Gasteiger partial charge is 0.330 e. The molecule has 5 rings (SSSR count). The molecule has 0 amide bonds. The predicted octanol–water partition coefficient (Wildman–Crippen LogP) is 5.13. The van der Waals surface area contributed by atoms with Gasteiger partial charge in [-0.2, -0.15) is 4.39 Å². The van der Waals surface area contributed by atoms with Crippen molar-refractivity contribution in [2.45, 2.75) is 38.1 Å². The number of aromatic amines is 1. The molecule has 1 aliphatic rings. The number of nitro benzene ring substituents is 1. The molecule has 7 nitrogen and oxygen atoms in total. The van der Waals surface area contributed by atoms with E-state index in [-0.39, 0.29) is 5.52 Å². The molecule has 0 atom stereocenters. The van der Waals surface area contributed by atoms with Gasteiger partial charge in [-0.1, -0.05) is 25.3 Å². The fourth-order valence-electron chi connectivity index (χ4n) is 4.31. The van der Waals surface area contributed by atoms with Gasteiger partial charge in [0, 0.05) is 11.6 Å². The summed E-state index contributed by atoms with van der Waals surface area (Å²) in [7, 11) is 0. The van der Waals surface area contributed by atoms with Crippen LogP contribution in [0, 0.1) is 15.9 Å². The Hall–Kier alpha value is -3.29. The lowest BCUT2D eigenvalue weighted by Crippen LogP contribution is -2.11. The number of aromatic nitrogens is 4. The van der Waals surface area contributed by atoms with Gasteiger partial charge in [0.2, 0.25) is 5.82 Å². The molecule has 4 aromatic rings. The second-order valence-electron chi connectivity index (χ2n) is 7.28. The predicted molar refractivity (Wildman–Crippen MR) is 104 cm³/mol. The quantitative estimate of drug-likeness (QED) is 0.395. The topological polar surface area (TPSA) is 89.6 Å². The van der Waals surface area contributed by atoms with Crippen molar-refractivity contribution in [3.05, 3.63) is 52.9 Å². The summed E-state index contributed by atoms with van der Waals surface area (Å²) >= 11 is 0. The van der Waals surface area contributed by atoms with Gasteiger partial charge in [0.15, 0.2) is 0 Å². The molecule has 0 unspecified atom stereocenters. The van der Waals surface area contributed by atoms with E-state index < -0.39 is 16.4 Å². The number of fused-ring (bicyclic) bond motifs is 2. The van der Waals surface area contributed by atoms with Gasteiger partial charge < -0.3 is 9.55 Å². The highest BCUT2D eigenvalue weighted by Gasteiger charge is 2.24. The third-order valence-electron chi connectivity index (χ3n) is 5.67. The van der Waals surface area contributed by atoms with Crippen LogP contribution < -0.4 is 0 Å². The van der Waals surface area contributed by atoms with Crippen LogP contribution in [0.4, 0.5) is 10.1 Å². The highest BCUT2D eigenvalue weighted by atomic mass is 19.1. The van der Waals surface area contributed by atoms with E-state index in [1.165, 1.54) is 31.7 Å². The third-order valence-corrected chi connectivity index (χ3v) is 5.67. The van der Waals surface area contributed by atoms with Crippen molar-refractivity contribution in [2.75, 3.05) is 0 Å². The molecule has 1 saturated carbocycles. The number of nitrogens with one attached hydrogen (secondary N) is 1. The molecular weight excluding hydrogens is 361 g/mol. The molecule has 1 fully saturated rings. The Morgan fingerprint density at radius 1 is 1.18 bits per heavy atom. The first-order chi connectivity index (χ1) is 13.6. The van der Waals surface area contributed by atoms with E-state index in [2.05, 4.69) is 19.5 Å². The van der Waals surface area contributed by atoms with Crippen LogP contribution >= 0.6 is 0 Å². The van der Waals surface area contributed by atoms with E-state index in [0.29, 0.717) is 17.1 Å². The van der Waals surface area contributed by atoms with Crippen LogP contribution in [-0.4, -0.2) is 24.4 Å². The molecule has 0 radical (unpaired) electrons. The monoisotopic (exact) mass is 379 g/mol. The van der Waals surface area contributed by atoms with Gasteiger partial charge in [0.1, 0.15) is 11.0 Å². The molecule has 2 heterocycles. The van der Waals surface area contributed by atoms with Gasteiger partial charge in [-0.3, -0.25) is 10.1 Å². The SMILES string of the molecule is O=[N+]([O-])c1c(F)cc(-c2ccc3c(c2)ncn3C2CCCCC2)c2nc[nH]c12. The lowest BCUT2D eigenvalue weighted by Gasteiger charge is -2.23. The van der Waals surface area contributed by atoms with E-state index in [4.69, 9.17) is 0 Å². The summed E-state index contributed by atoms with van der Waals surface area (Å²) in [5.41, 5.74) is 2.99. The van der Waals surface area contributed by atoms with Gasteiger partial charge in [-0.05, 0) is 36.6 Å². The Morgan fingerprint density at radius 2 is 2.00 bits per heavy atom. The van der Waals surface area contributed by atoms with Crippen molar-refractivity contribution in [1.82, 2.24) is 19.5 Å². The molecule has 1 aliphatic carbocycles. The Balaban J connectivity index is 1.63. The van der Waals surface area contributed by atoms with Crippen LogP contribution in [0.25, 0.3) is 33.2 Å². The molecule has 0 bridgehead atoms. The maximum Gasteiger partial charge on any atom is 0.330 e. The Bertz CT molecular complexity index is 1210. The Kier molecular flexibility index (Phi) is 3.85. The number of benzene rings is 2. The molecule has 2 aromatic heterocycles. The first-order valence-corrected chi connectivity index (χ1v) is 9.40. The molecule has 0 aliphatic heterocycles. The highest BCUT2D eigenvalue weighted by molar-refractivity contribution is 5.98. The first-order valence-electron chi connectivity index (χ1n) is 9.40. The van der Waals surface area contributed by atoms with E-state index in [0.717, 1.165) is 29.4 Å². The summed E-state index contributed by atoms with van der Waals surface area (Å²) in [6.07, 6.45) is 9.31. The minimum Gasteiger partial charge on any atom is -0.339 e. The van der Waals surface area contributed by atoms with Crippen LogP contribution in [0.1, 0.15) is 38.1 Å². The molecule has 0 saturated heterocycles. The van der Waals surface area contributed by atoms with Gasteiger partial charge >= 0.3 is 5.69 Å². The Morgan fingerprint density at radius 3 is 2.79 bits per heavy atom. The lowest BCUT2D eigenvalue weighted by atomic mass is 9.95.